The molecule has 0 saturated carbocycles. The smallest absolute Gasteiger partial charge is 0.00449 e. The van der Waals surface area contributed by atoms with Gasteiger partial charge in [0.1, 0.15) is 0 Å². The molecule has 0 aromatic carbocycles. The second-order valence-corrected chi connectivity index (χ2v) is 1.50. The van der Waals surface area contributed by atoms with E-state index in [1.807, 2.05) is 13.0 Å². The van der Waals surface area contributed by atoms with Crippen LogP contribution in [0.1, 0.15) is 13.3 Å². The molecule has 36 valence electrons. The molecular weight excluding hydrogens is 74.1 g/mol. The summed E-state index contributed by atoms with van der Waals surface area (Å²) in [6.45, 7) is 5.48. The molecule has 0 radical (unpaired) electrons. The second kappa shape index (κ2) is 2.91. The van der Waals surface area contributed by atoms with Crippen molar-refractivity contribution in [2.75, 3.05) is 0 Å². The van der Waals surface area contributed by atoms with E-state index >= 15 is 0 Å². The average molecular weight is 85.2 g/mol. The molecule has 0 bridgehead atoms. The Balaban J connectivity index is 2.81. The number of rotatable bonds is 2. The van der Waals surface area contributed by atoms with Gasteiger partial charge in [-0.3, -0.25) is 0 Å². The van der Waals surface area contributed by atoms with Gasteiger partial charge in [0.2, 0.25) is 0 Å². The first kappa shape index (κ1) is 5.70. The Kier molecular flexibility index (Phi) is 2.77. The lowest BCUT2D eigenvalue weighted by Crippen LogP contribution is -2.12. The highest BCUT2D eigenvalue weighted by atomic mass is 14.6. The summed E-state index contributed by atoms with van der Waals surface area (Å²) >= 11 is 0. The number of hydrogen-bond acceptors (Lipinski definition) is 1. The highest BCUT2D eigenvalue weighted by Gasteiger charge is 1.82. The first-order valence-electron chi connectivity index (χ1n) is 2.14. The van der Waals surface area contributed by atoms with E-state index in [9.17, 15) is 0 Å². The molecule has 0 saturated heterocycles. The van der Waals surface area contributed by atoms with E-state index in [2.05, 4.69) is 6.58 Å². The van der Waals surface area contributed by atoms with Crippen molar-refractivity contribution in [1.29, 1.82) is 0 Å². The van der Waals surface area contributed by atoms with Crippen LogP contribution in [0.3, 0.4) is 0 Å². The van der Waals surface area contributed by atoms with Crippen LogP contribution in [0, 0.1) is 0 Å². The summed E-state index contributed by atoms with van der Waals surface area (Å²) in [5.41, 5.74) is 5.33. The van der Waals surface area contributed by atoms with Gasteiger partial charge in [0, 0.05) is 6.04 Å². The molecule has 0 aliphatic carbocycles. The zero-order valence-corrected chi connectivity index (χ0v) is 4.15. The summed E-state index contributed by atoms with van der Waals surface area (Å²) in [4.78, 5) is 0. The molecule has 0 aliphatic rings. The maximum Gasteiger partial charge on any atom is 0.00449 e. The summed E-state index contributed by atoms with van der Waals surface area (Å²) in [6.07, 6.45) is 2.74. The highest BCUT2D eigenvalue weighted by molar-refractivity contribution is 4.71. The number of nitrogens with two attached hydrogens (primary N) is 1. The normalized spacial score (nSPS) is 13.7. The van der Waals surface area contributed by atoms with E-state index < -0.39 is 0 Å². The molecule has 1 heteroatoms. The van der Waals surface area contributed by atoms with Crippen LogP contribution in [0.5, 0.6) is 0 Å². The first-order valence-corrected chi connectivity index (χ1v) is 2.14. The van der Waals surface area contributed by atoms with E-state index in [1.54, 1.807) is 0 Å². The van der Waals surface area contributed by atoms with Crippen LogP contribution in [0.2, 0.25) is 0 Å². The fourth-order valence-electron chi connectivity index (χ4n) is 0.263. The minimum atomic E-state index is 0.280. The molecule has 2 N–H and O–H groups in total. The molecule has 0 fully saturated rings. The van der Waals surface area contributed by atoms with Crippen molar-refractivity contribution >= 4 is 0 Å². The first-order chi connectivity index (χ1) is 2.77. The Morgan fingerprint density at radius 3 is 2.50 bits per heavy atom. The molecule has 6 heavy (non-hydrogen) atoms. The maximum atomic E-state index is 5.33. The topological polar surface area (TPSA) is 26.0 Å². The SMILES string of the molecule is C=CC[C@H](C)N. The molecule has 0 rings (SSSR count). The largest absolute Gasteiger partial charge is 0.328 e. The van der Waals surface area contributed by atoms with Gasteiger partial charge in [0.15, 0.2) is 0 Å². The lowest BCUT2D eigenvalue weighted by Gasteiger charge is -1.93. The summed E-state index contributed by atoms with van der Waals surface area (Å²) < 4.78 is 0. The molecule has 1 nitrogen and oxygen atoms in total. The van der Waals surface area contributed by atoms with Crippen molar-refractivity contribution in [1.82, 2.24) is 0 Å². The van der Waals surface area contributed by atoms with Gasteiger partial charge >= 0.3 is 0 Å². The monoisotopic (exact) mass is 85.1 g/mol. The van der Waals surface area contributed by atoms with E-state index in [-0.39, 0.29) is 6.04 Å². The summed E-state index contributed by atoms with van der Waals surface area (Å²) in [7, 11) is 0. The van der Waals surface area contributed by atoms with E-state index in [1.165, 1.54) is 0 Å². The molecule has 0 spiro atoms. The van der Waals surface area contributed by atoms with Gasteiger partial charge in [-0.2, -0.15) is 0 Å². The minimum absolute atomic E-state index is 0.280. The van der Waals surface area contributed by atoms with Gasteiger partial charge in [0.05, 0.1) is 0 Å². The van der Waals surface area contributed by atoms with Crippen molar-refractivity contribution < 1.29 is 0 Å². The van der Waals surface area contributed by atoms with Crippen molar-refractivity contribution in [2.24, 2.45) is 5.73 Å². The van der Waals surface area contributed by atoms with Gasteiger partial charge in [-0.15, -0.1) is 6.58 Å². The molecule has 1 atom stereocenters. The molecule has 0 amide bonds. The Morgan fingerprint density at radius 1 is 2.00 bits per heavy atom. The summed E-state index contributed by atoms with van der Waals surface area (Å²) in [5, 5.41) is 0. The van der Waals surface area contributed by atoms with Crippen LogP contribution >= 0.6 is 0 Å². The Labute approximate surface area is 38.8 Å². The third-order valence-electron chi connectivity index (χ3n) is 0.538. The lowest BCUT2D eigenvalue weighted by atomic mass is 10.3. The van der Waals surface area contributed by atoms with Crippen LogP contribution in [-0.4, -0.2) is 6.04 Å². The predicted octanol–water partition coefficient (Wildman–Crippen LogP) is 0.910. The third kappa shape index (κ3) is 3.70. The Hall–Kier alpha value is -0.300. The van der Waals surface area contributed by atoms with Crippen LogP contribution in [0.15, 0.2) is 12.7 Å². The Morgan fingerprint density at radius 2 is 2.50 bits per heavy atom. The molecule has 0 aromatic heterocycles. The van der Waals surface area contributed by atoms with Gasteiger partial charge in [-0.25, -0.2) is 0 Å². The van der Waals surface area contributed by atoms with E-state index in [0.29, 0.717) is 0 Å². The fourth-order valence-corrected chi connectivity index (χ4v) is 0.263. The van der Waals surface area contributed by atoms with E-state index in [4.69, 9.17) is 5.73 Å². The second-order valence-electron chi connectivity index (χ2n) is 1.50. The predicted molar refractivity (Wildman–Crippen MR) is 28.5 cm³/mol. The highest BCUT2D eigenvalue weighted by Crippen LogP contribution is 1.82. The zero-order chi connectivity index (χ0) is 4.99. The van der Waals surface area contributed by atoms with E-state index in [0.717, 1.165) is 6.42 Å². The molecular formula is C5H11N. The summed E-state index contributed by atoms with van der Waals surface area (Å²) in [6, 6.07) is 0.280. The quantitative estimate of drug-likeness (QED) is 0.495. The third-order valence-corrected chi connectivity index (χ3v) is 0.538. The zero-order valence-electron chi connectivity index (χ0n) is 4.15. The molecule has 0 aromatic rings. The summed E-state index contributed by atoms with van der Waals surface area (Å²) in [5.74, 6) is 0. The fraction of sp³-hybridized carbons (Fsp3) is 0.600. The standard InChI is InChI=1S/C5H11N/c1-3-4-5(2)6/h3,5H,1,4,6H2,2H3/t5-/m0/s1. The lowest BCUT2D eigenvalue weighted by molar-refractivity contribution is 0.758. The molecule has 0 aliphatic heterocycles. The van der Waals surface area contributed by atoms with Gasteiger partial charge in [-0.05, 0) is 13.3 Å². The van der Waals surface area contributed by atoms with Crippen LogP contribution < -0.4 is 5.73 Å². The van der Waals surface area contributed by atoms with Crippen molar-refractivity contribution in [3.8, 4) is 0 Å². The maximum absolute atomic E-state index is 5.33. The van der Waals surface area contributed by atoms with Crippen molar-refractivity contribution in [3.05, 3.63) is 12.7 Å². The van der Waals surface area contributed by atoms with Crippen LogP contribution in [-0.2, 0) is 0 Å². The van der Waals surface area contributed by atoms with Gasteiger partial charge in [0.25, 0.3) is 0 Å². The molecule has 0 unspecified atom stereocenters. The van der Waals surface area contributed by atoms with Crippen LogP contribution in [0.25, 0.3) is 0 Å². The minimum Gasteiger partial charge on any atom is -0.328 e. The van der Waals surface area contributed by atoms with Gasteiger partial charge in [-0.1, -0.05) is 6.08 Å². The van der Waals surface area contributed by atoms with Crippen LogP contribution in [0.4, 0.5) is 0 Å². The van der Waals surface area contributed by atoms with Crippen molar-refractivity contribution in [3.63, 3.8) is 0 Å². The Bertz CT molecular complexity index is 39.2. The van der Waals surface area contributed by atoms with Crippen molar-refractivity contribution in [2.45, 2.75) is 19.4 Å². The molecule has 0 heterocycles. The average Bonchev–Trinajstić information content (AvgIpc) is 1.35. The number of hydrogen-bond donors (Lipinski definition) is 1. The van der Waals surface area contributed by atoms with Gasteiger partial charge < -0.3 is 5.73 Å².